The molecular weight excluding hydrogens is 831 g/mol. The zero-order valence-corrected chi connectivity index (χ0v) is 37.9. The number of nitrogens with zero attached hydrogens (tertiary/aromatic N) is 1. The van der Waals surface area contributed by atoms with Crippen LogP contribution in [0.3, 0.4) is 0 Å². The third kappa shape index (κ3) is 7.29. The van der Waals surface area contributed by atoms with Crippen molar-refractivity contribution in [3.05, 3.63) is 273 Å². The Balaban J connectivity index is 0.952. The van der Waals surface area contributed by atoms with E-state index >= 15 is 0 Å². The lowest BCUT2D eigenvalue weighted by Gasteiger charge is -2.27. The highest BCUT2D eigenvalue weighted by Crippen LogP contribution is 2.46. The van der Waals surface area contributed by atoms with Crippen molar-refractivity contribution in [1.82, 2.24) is 0 Å². The molecule has 0 N–H and O–H groups in total. The number of anilines is 3. The first kappa shape index (κ1) is 40.3. The summed E-state index contributed by atoms with van der Waals surface area (Å²) < 4.78 is 0. The van der Waals surface area contributed by atoms with Gasteiger partial charge >= 0.3 is 0 Å². The Morgan fingerprint density at radius 3 is 1.33 bits per heavy atom. The fraction of sp³-hybridized carbons (Fsp3) is 0. The van der Waals surface area contributed by atoms with Gasteiger partial charge in [0.25, 0.3) is 0 Å². The van der Waals surface area contributed by atoms with E-state index in [4.69, 9.17) is 0 Å². The van der Waals surface area contributed by atoms with Gasteiger partial charge in [-0.2, -0.15) is 0 Å². The van der Waals surface area contributed by atoms with Crippen LogP contribution in [0.1, 0.15) is 0 Å². The van der Waals surface area contributed by atoms with E-state index in [1.807, 2.05) is 0 Å². The van der Waals surface area contributed by atoms with Crippen LogP contribution >= 0.6 is 0 Å². The minimum absolute atomic E-state index is 1.09. The molecule has 0 saturated carbocycles. The standard InChI is InChI=1S/C68H45N/c1-4-15-46(16-5-1)52-28-29-55-44-60(38-33-54(55)41-52)69(58-36-31-47(32-37-58)53-34-39-62-57(42-53)30-27-48-17-10-11-24-61(48)62)59-23-14-22-51(43-59)56-35-40-64-63-25-12-13-26-65(63)67(49-18-6-2-7-19-49)68(66(64)45-56)50-20-8-3-9-21-50/h1-45H. The lowest BCUT2D eigenvalue weighted by Crippen LogP contribution is -2.10. The second kappa shape index (κ2) is 17.0. The first-order chi connectivity index (χ1) is 34.2. The van der Waals surface area contributed by atoms with Crippen LogP contribution in [0.15, 0.2) is 273 Å². The fourth-order valence-electron chi connectivity index (χ4n) is 10.6. The predicted molar refractivity (Wildman–Crippen MR) is 296 cm³/mol. The van der Waals surface area contributed by atoms with Crippen LogP contribution < -0.4 is 4.90 Å². The summed E-state index contributed by atoms with van der Waals surface area (Å²) in [5, 5.41) is 12.5. The SMILES string of the molecule is c1ccc(-c2ccc3cc(N(c4ccc(-c5ccc6c(ccc7ccccc76)c5)cc4)c4cccc(-c5ccc6c(c5)c(-c5ccccc5)c(-c5ccccc5)c5ccccc56)c4)ccc3c2)cc1. The van der Waals surface area contributed by atoms with Crippen molar-refractivity contribution in [3.63, 3.8) is 0 Å². The van der Waals surface area contributed by atoms with E-state index in [1.54, 1.807) is 0 Å². The van der Waals surface area contributed by atoms with Crippen LogP contribution in [0.2, 0.25) is 0 Å². The highest BCUT2D eigenvalue weighted by atomic mass is 15.1. The van der Waals surface area contributed by atoms with Crippen molar-refractivity contribution < 1.29 is 0 Å². The van der Waals surface area contributed by atoms with Gasteiger partial charge in [-0.15, -0.1) is 0 Å². The summed E-state index contributed by atoms with van der Waals surface area (Å²) in [6.45, 7) is 0. The smallest absolute Gasteiger partial charge is 0.0468 e. The minimum Gasteiger partial charge on any atom is -0.310 e. The molecule has 0 amide bonds. The Morgan fingerprint density at radius 1 is 0.174 bits per heavy atom. The van der Waals surface area contributed by atoms with Crippen LogP contribution in [0.25, 0.3) is 109 Å². The first-order valence-corrected chi connectivity index (χ1v) is 23.8. The summed E-state index contributed by atoms with van der Waals surface area (Å²) in [5.41, 5.74) is 15.3. The molecule has 0 heterocycles. The first-order valence-electron chi connectivity index (χ1n) is 23.8. The summed E-state index contributed by atoms with van der Waals surface area (Å²) >= 11 is 0. The molecule has 0 aliphatic carbocycles. The molecular formula is C68H45N. The van der Waals surface area contributed by atoms with E-state index < -0.39 is 0 Å². The van der Waals surface area contributed by atoms with Gasteiger partial charge in [-0.1, -0.05) is 218 Å². The minimum atomic E-state index is 1.09. The quantitative estimate of drug-likeness (QED) is 0.138. The molecule has 13 aromatic carbocycles. The van der Waals surface area contributed by atoms with Gasteiger partial charge in [0, 0.05) is 17.1 Å². The molecule has 0 unspecified atom stereocenters. The van der Waals surface area contributed by atoms with Gasteiger partial charge < -0.3 is 4.90 Å². The van der Waals surface area contributed by atoms with Gasteiger partial charge in [-0.25, -0.2) is 0 Å². The number of fused-ring (bicyclic) bond motifs is 7. The molecule has 13 aromatic rings. The zero-order valence-electron chi connectivity index (χ0n) is 37.9. The molecule has 0 aromatic heterocycles. The molecule has 0 saturated heterocycles. The second-order valence-corrected chi connectivity index (χ2v) is 18.1. The topological polar surface area (TPSA) is 3.24 Å². The summed E-state index contributed by atoms with van der Waals surface area (Å²) in [7, 11) is 0. The average Bonchev–Trinajstić information content (AvgIpc) is 3.43. The summed E-state index contributed by atoms with van der Waals surface area (Å²) in [4.78, 5) is 2.40. The van der Waals surface area contributed by atoms with Crippen molar-refractivity contribution in [1.29, 1.82) is 0 Å². The van der Waals surface area contributed by atoms with Crippen molar-refractivity contribution in [2.24, 2.45) is 0 Å². The molecule has 0 aliphatic rings. The Labute approximate surface area is 402 Å². The fourth-order valence-corrected chi connectivity index (χ4v) is 10.6. The lowest BCUT2D eigenvalue weighted by molar-refractivity contribution is 1.29. The van der Waals surface area contributed by atoms with Crippen LogP contribution in [0.5, 0.6) is 0 Å². The van der Waals surface area contributed by atoms with Crippen LogP contribution in [-0.4, -0.2) is 0 Å². The van der Waals surface area contributed by atoms with Crippen molar-refractivity contribution in [3.8, 4) is 55.6 Å². The maximum Gasteiger partial charge on any atom is 0.0468 e. The summed E-state index contributed by atoms with van der Waals surface area (Å²) in [6.07, 6.45) is 0. The molecule has 0 atom stereocenters. The predicted octanol–water partition coefficient (Wildman–Crippen LogP) is 19.3. The van der Waals surface area contributed by atoms with E-state index in [1.165, 1.54) is 104 Å². The monoisotopic (exact) mass is 875 g/mol. The van der Waals surface area contributed by atoms with Gasteiger partial charge in [0.05, 0.1) is 0 Å². The average molecular weight is 876 g/mol. The Morgan fingerprint density at radius 2 is 0.594 bits per heavy atom. The van der Waals surface area contributed by atoms with E-state index in [0.717, 1.165) is 22.6 Å². The maximum absolute atomic E-state index is 2.42. The van der Waals surface area contributed by atoms with E-state index in [9.17, 15) is 0 Å². The molecule has 13 rings (SSSR count). The van der Waals surface area contributed by atoms with Crippen molar-refractivity contribution in [2.45, 2.75) is 0 Å². The number of rotatable bonds is 8. The van der Waals surface area contributed by atoms with Crippen molar-refractivity contribution >= 4 is 70.9 Å². The van der Waals surface area contributed by atoms with Gasteiger partial charge in [0.15, 0.2) is 0 Å². The summed E-state index contributed by atoms with van der Waals surface area (Å²) in [6, 6.07) is 100. The van der Waals surface area contributed by atoms with E-state index in [2.05, 4.69) is 278 Å². The Hall–Kier alpha value is -9.04. The molecule has 0 radical (unpaired) electrons. The molecule has 0 bridgehead atoms. The van der Waals surface area contributed by atoms with Gasteiger partial charge in [-0.05, 0) is 164 Å². The third-order valence-corrected chi connectivity index (χ3v) is 14.0. The second-order valence-electron chi connectivity index (χ2n) is 18.1. The highest BCUT2D eigenvalue weighted by Gasteiger charge is 2.20. The summed E-state index contributed by atoms with van der Waals surface area (Å²) in [5.74, 6) is 0. The maximum atomic E-state index is 2.42. The van der Waals surface area contributed by atoms with Crippen molar-refractivity contribution in [2.75, 3.05) is 4.90 Å². The van der Waals surface area contributed by atoms with Crippen LogP contribution in [-0.2, 0) is 0 Å². The van der Waals surface area contributed by atoms with E-state index in [0.29, 0.717) is 0 Å². The van der Waals surface area contributed by atoms with Crippen LogP contribution in [0, 0.1) is 0 Å². The molecule has 0 spiro atoms. The van der Waals surface area contributed by atoms with Gasteiger partial charge in [0.1, 0.15) is 0 Å². The lowest BCUT2D eigenvalue weighted by atomic mass is 9.84. The normalized spacial score (nSPS) is 11.5. The number of hydrogen-bond acceptors (Lipinski definition) is 1. The largest absolute Gasteiger partial charge is 0.310 e. The van der Waals surface area contributed by atoms with Crippen LogP contribution in [0.4, 0.5) is 17.1 Å². The third-order valence-electron chi connectivity index (χ3n) is 14.0. The Bertz CT molecular complexity index is 4040. The molecule has 322 valence electrons. The zero-order chi connectivity index (χ0) is 45.7. The Kier molecular flexibility index (Phi) is 9.91. The number of benzene rings is 13. The highest BCUT2D eigenvalue weighted by molar-refractivity contribution is 6.22. The van der Waals surface area contributed by atoms with Gasteiger partial charge in [0.2, 0.25) is 0 Å². The number of hydrogen-bond donors (Lipinski definition) is 0. The van der Waals surface area contributed by atoms with E-state index in [-0.39, 0.29) is 0 Å². The molecule has 0 aliphatic heterocycles. The van der Waals surface area contributed by atoms with Gasteiger partial charge in [-0.3, -0.25) is 0 Å². The molecule has 0 fully saturated rings. The molecule has 69 heavy (non-hydrogen) atoms. The molecule has 1 nitrogen and oxygen atoms in total. The molecule has 1 heteroatoms.